The van der Waals surface area contributed by atoms with Crippen LogP contribution >= 0.6 is 12.6 Å². The van der Waals surface area contributed by atoms with E-state index in [0.717, 1.165) is 41.0 Å². The Morgan fingerprint density at radius 3 is 2.38 bits per heavy atom. The molecule has 3 aromatic rings. The van der Waals surface area contributed by atoms with Gasteiger partial charge in [-0.05, 0) is 62.0 Å². The second kappa shape index (κ2) is 9.90. The number of likely N-dealkylation sites (tertiary alicyclic amines) is 1. The standard InChI is InChI=1S/C24H28N4S/c29-23-9-5-4-8-21(23)22-10-11-24(27-26-22)25-15-12-19-13-16-28(17-14-19)18-20-6-2-1-3-7-20/h1-11,19,29H,12-18H2,(H,25,27). The molecule has 0 amide bonds. The van der Waals surface area contributed by atoms with Gasteiger partial charge >= 0.3 is 0 Å². The number of nitrogens with zero attached hydrogens (tertiary/aromatic N) is 3. The molecule has 0 atom stereocenters. The highest BCUT2D eigenvalue weighted by Crippen LogP contribution is 2.25. The van der Waals surface area contributed by atoms with Crippen molar-refractivity contribution in [2.75, 3.05) is 25.0 Å². The number of thiol groups is 1. The fourth-order valence-corrected chi connectivity index (χ4v) is 4.21. The molecule has 0 radical (unpaired) electrons. The van der Waals surface area contributed by atoms with E-state index in [-0.39, 0.29) is 0 Å². The van der Waals surface area contributed by atoms with Crippen LogP contribution in [-0.2, 0) is 6.54 Å². The molecular weight excluding hydrogens is 376 g/mol. The lowest BCUT2D eigenvalue weighted by Crippen LogP contribution is -2.33. The van der Waals surface area contributed by atoms with Crippen LogP contribution in [0.5, 0.6) is 0 Å². The van der Waals surface area contributed by atoms with E-state index in [1.807, 2.05) is 36.4 Å². The lowest BCUT2D eigenvalue weighted by atomic mass is 9.93. The Kier molecular flexibility index (Phi) is 6.80. The molecule has 150 valence electrons. The first-order valence-electron chi connectivity index (χ1n) is 10.4. The van der Waals surface area contributed by atoms with E-state index in [1.165, 1.54) is 37.9 Å². The summed E-state index contributed by atoms with van der Waals surface area (Å²) in [6.45, 7) is 4.40. The number of hydrogen-bond acceptors (Lipinski definition) is 5. The van der Waals surface area contributed by atoms with Crippen LogP contribution in [-0.4, -0.2) is 34.7 Å². The lowest BCUT2D eigenvalue weighted by molar-refractivity contribution is 0.174. The molecule has 2 aromatic carbocycles. The normalized spacial score (nSPS) is 15.3. The molecule has 4 nitrogen and oxygen atoms in total. The fraction of sp³-hybridized carbons (Fsp3) is 0.333. The smallest absolute Gasteiger partial charge is 0.148 e. The minimum Gasteiger partial charge on any atom is -0.369 e. The van der Waals surface area contributed by atoms with E-state index in [4.69, 9.17) is 0 Å². The predicted molar refractivity (Wildman–Crippen MR) is 122 cm³/mol. The van der Waals surface area contributed by atoms with Crippen LogP contribution in [0.1, 0.15) is 24.8 Å². The summed E-state index contributed by atoms with van der Waals surface area (Å²) in [6, 6.07) is 22.7. The van der Waals surface area contributed by atoms with Crippen LogP contribution in [0.4, 0.5) is 5.82 Å². The number of hydrogen-bond donors (Lipinski definition) is 2. The second-order valence-electron chi connectivity index (χ2n) is 7.74. The number of aromatic nitrogens is 2. The highest BCUT2D eigenvalue weighted by Gasteiger charge is 2.19. The van der Waals surface area contributed by atoms with Gasteiger partial charge in [-0.25, -0.2) is 0 Å². The molecule has 0 aliphatic carbocycles. The van der Waals surface area contributed by atoms with Crippen LogP contribution in [0, 0.1) is 5.92 Å². The number of nitrogens with one attached hydrogen (secondary N) is 1. The average Bonchev–Trinajstić information content (AvgIpc) is 2.77. The molecule has 1 saturated heterocycles. The van der Waals surface area contributed by atoms with Crippen molar-refractivity contribution in [2.45, 2.75) is 30.7 Å². The molecule has 4 rings (SSSR count). The molecule has 0 saturated carbocycles. The molecule has 0 bridgehead atoms. The Morgan fingerprint density at radius 1 is 0.897 bits per heavy atom. The SMILES string of the molecule is Sc1ccccc1-c1ccc(NCCC2CCN(Cc3ccccc3)CC2)nn1. The molecule has 1 aliphatic rings. The van der Waals surface area contributed by atoms with Gasteiger partial charge in [0.1, 0.15) is 5.82 Å². The molecule has 29 heavy (non-hydrogen) atoms. The molecule has 2 heterocycles. The van der Waals surface area contributed by atoms with Crippen molar-refractivity contribution in [1.29, 1.82) is 0 Å². The topological polar surface area (TPSA) is 41.0 Å². The maximum absolute atomic E-state index is 4.50. The summed E-state index contributed by atoms with van der Waals surface area (Å²) in [6.07, 6.45) is 3.73. The molecule has 1 N–H and O–H groups in total. The third-order valence-corrected chi connectivity index (χ3v) is 6.05. The van der Waals surface area contributed by atoms with Gasteiger partial charge in [0, 0.05) is 23.5 Å². The summed E-state index contributed by atoms with van der Waals surface area (Å²) in [5.41, 5.74) is 3.28. The van der Waals surface area contributed by atoms with Gasteiger partial charge in [0.15, 0.2) is 0 Å². The summed E-state index contributed by atoms with van der Waals surface area (Å²) in [4.78, 5) is 3.49. The van der Waals surface area contributed by atoms with E-state index in [9.17, 15) is 0 Å². The van der Waals surface area contributed by atoms with Crippen LogP contribution < -0.4 is 5.32 Å². The van der Waals surface area contributed by atoms with Crippen LogP contribution in [0.25, 0.3) is 11.3 Å². The number of piperidine rings is 1. The quantitative estimate of drug-likeness (QED) is 0.535. The fourth-order valence-electron chi connectivity index (χ4n) is 3.94. The molecule has 1 aromatic heterocycles. The molecule has 1 aliphatic heterocycles. The zero-order valence-electron chi connectivity index (χ0n) is 16.7. The third kappa shape index (κ3) is 5.58. The van der Waals surface area contributed by atoms with Crippen molar-refractivity contribution in [2.24, 2.45) is 5.92 Å². The molecule has 0 unspecified atom stereocenters. The Hall–Kier alpha value is -2.37. The molecule has 1 fully saturated rings. The average molecular weight is 405 g/mol. The van der Waals surface area contributed by atoms with Gasteiger partial charge in [0.25, 0.3) is 0 Å². The monoisotopic (exact) mass is 404 g/mol. The third-order valence-electron chi connectivity index (χ3n) is 5.66. The number of benzene rings is 2. The first-order valence-corrected chi connectivity index (χ1v) is 10.8. The van der Waals surface area contributed by atoms with E-state index in [2.05, 4.69) is 63.4 Å². The van der Waals surface area contributed by atoms with Gasteiger partial charge in [-0.1, -0.05) is 48.5 Å². The van der Waals surface area contributed by atoms with Gasteiger partial charge in [-0.2, -0.15) is 0 Å². The zero-order valence-corrected chi connectivity index (χ0v) is 17.6. The van der Waals surface area contributed by atoms with Crippen molar-refractivity contribution in [3.05, 3.63) is 72.3 Å². The zero-order chi connectivity index (χ0) is 19.9. The Morgan fingerprint density at radius 2 is 1.66 bits per heavy atom. The predicted octanol–water partition coefficient (Wildman–Crippen LogP) is 5.15. The van der Waals surface area contributed by atoms with Gasteiger partial charge in [-0.15, -0.1) is 22.8 Å². The Balaban J connectivity index is 1.20. The summed E-state index contributed by atoms with van der Waals surface area (Å²) in [5, 5.41) is 12.1. The summed E-state index contributed by atoms with van der Waals surface area (Å²) in [5.74, 6) is 1.63. The minimum atomic E-state index is 0.790. The van der Waals surface area contributed by atoms with E-state index < -0.39 is 0 Å². The van der Waals surface area contributed by atoms with Crippen molar-refractivity contribution in [3.63, 3.8) is 0 Å². The highest BCUT2D eigenvalue weighted by atomic mass is 32.1. The first kappa shape index (κ1) is 19.9. The van der Waals surface area contributed by atoms with Crippen LogP contribution in [0.2, 0.25) is 0 Å². The van der Waals surface area contributed by atoms with Crippen molar-refractivity contribution in [3.8, 4) is 11.3 Å². The minimum absolute atomic E-state index is 0.790. The van der Waals surface area contributed by atoms with Gasteiger partial charge in [0.2, 0.25) is 0 Å². The van der Waals surface area contributed by atoms with Crippen LogP contribution in [0.3, 0.4) is 0 Å². The van der Waals surface area contributed by atoms with Crippen LogP contribution in [0.15, 0.2) is 71.6 Å². The largest absolute Gasteiger partial charge is 0.369 e. The van der Waals surface area contributed by atoms with Crippen molar-refractivity contribution >= 4 is 18.4 Å². The lowest BCUT2D eigenvalue weighted by Gasteiger charge is -2.32. The molecular formula is C24H28N4S. The maximum atomic E-state index is 4.50. The van der Waals surface area contributed by atoms with Gasteiger partial charge < -0.3 is 5.32 Å². The van der Waals surface area contributed by atoms with Gasteiger partial charge in [0.05, 0.1) is 5.69 Å². The second-order valence-corrected chi connectivity index (χ2v) is 8.22. The van der Waals surface area contributed by atoms with Crippen molar-refractivity contribution < 1.29 is 0 Å². The number of anilines is 1. The highest BCUT2D eigenvalue weighted by molar-refractivity contribution is 7.80. The van der Waals surface area contributed by atoms with Gasteiger partial charge in [-0.3, -0.25) is 4.90 Å². The van der Waals surface area contributed by atoms with E-state index >= 15 is 0 Å². The Labute approximate surface area is 178 Å². The van der Waals surface area contributed by atoms with E-state index in [1.54, 1.807) is 0 Å². The maximum Gasteiger partial charge on any atom is 0.148 e. The molecule has 0 spiro atoms. The first-order chi connectivity index (χ1) is 14.3. The summed E-state index contributed by atoms with van der Waals surface area (Å²) in [7, 11) is 0. The summed E-state index contributed by atoms with van der Waals surface area (Å²) >= 11 is 4.50. The van der Waals surface area contributed by atoms with E-state index in [0.29, 0.717) is 0 Å². The molecule has 5 heteroatoms. The number of rotatable bonds is 7. The summed E-state index contributed by atoms with van der Waals surface area (Å²) < 4.78 is 0. The Bertz CT molecular complexity index is 890. The van der Waals surface area contributed by atoms with Crippen molar-refractivity contribution in [1.82, 2.24) is 15.1 Å².